The predicted molar refractivity (Wildman–Crippen MR) is 151 cm³/mol. The molecule has 5 rings (SSSR count). The van der Waals surface area contributed by atoms with Crippen molar-refractivity contribution in [1.29, 1.82) is 0 Å². The van der Waals surface area contributed by atoms with Gasteiger partial charge in [0.15, 0.2) is 5.82 Å². The fourth-order valence-corrected chi connectivity index (χ4v) is 4.59. The molecule has 2 amide bonds. The normalized spacial score (nSPS) is 11.0. The van der Waals surface area contributed by atoms with E-state index in [2.05, 4.69) is 30.8 Å². The summed E-state index contributed by atoms with van der Waals surface area (Å²) in [6, 6.07) is 13.3. The lowest BCUT2D eigenvalue weighted by Gasteiger charge is -2.13. The maximum Gasteiger partial charge on any atom is 0.274 e. The van der Waals surface area contributed by atoms with Gasteiger partial charge in [0.25, 0.3) is 11.8 Å². The summed E-state index contributed by atoms with van der Waals surface area (Å²) in [4.78, 5) is 31.3. The van der Waals surface area contributed by atoms with Crippen LogP contribution in [-0.4, -0.2) is 46.8 Å². The Morgan fingerprint density at radius 1 is 0.975 bits per heavy atom. The maximum atomic E-state index is 13.6. The smallest absolute Gasteiger partial charge is 0.274 e. The highest BCUT2D eigenvalue weighted by molar-refractivity contribution is 6.32. The molecule has 0 bridgehead atoms. The van der Waals surface area contributed by atoms with Gasteiger partial charge in [-0.05, 0) is 78.7 Å². The molecule has 3 heterocycles. The number of anilines is 1. The number of halogens is 3. The zero-order chi connectivity index (χ0) is 28.6. The number of carbonyl (C=O) groups excluding carboxylic acids is 2. The van der Waals surface area contributed by atoms with E-state index in [1.165, 1.54) is 21.7 Å². The first kappa shape index (κ1) is 27.3. The molecule has 202 valence electrons. The van der Waals surface area contributed by atoms with Crippen molar-refractivity contribution in [2.24, 2.45) is 5.73 Å². The number of hydrogen-bond acceptors (Lipinski definition) is 7. The minimum atomic E-state index is -0.744. The molecule has 0 aliphatic carbocycles. The summed E-state index contributed by atoms with van der Waals surface area (Å²) in [5.41, 5.74) is 8.53. The van der Waals surface area contributed by atoms with Crippen LogP contribution in [0.4, 0.5) is 5.69 Å². The van der Waals surface area contributed by atoms with Crippen molar-refractivity contribution >= 4 is 52.3 Å². The van der Waals surface area contributed by atoms with Crippen molar-refractivity contribution in [3.05, 3.63) is 97.9 Å². The zero-order valence-electron chi connectivity index (χ0n) is 21.1. The van der Waals surface area contributed by atoms with Crippen LogP contribution in [0.5, 0.6) is 0 Å². The predicted octanol–water partition coefficient (Wildman–Crippen LogP) is 4.90. The number of carbonyl (C=O) groups is 2. The average molecular weight is 597 g/mol. The van der Waals surface area contributed by atoms with Crippen LogP contribution in [0.15, 0.2) is 54.7 Å². The molecule has 0 aliphatic heterocycles. The lowest BCUT2D eigenvalue weighted by Crippen LogP contribution is -2.21. The number of aromatic nitrogens is 7. The van der Waals surface area contributed by atoms with Crippen LogP contribution in [0.1, 0.15) is 37.7 Å². The molecule has 2 aromatic carbocycles. The third-order valence-corrected chi connectivity index (χ3v) is 6.85. The van der Waals surface area contributed by atoms with Crippen molar-refractivity contribution < 1.29 is 9.59 Å². The molecule has 0 radical (unpaired) electrons. The molecular weight excluding hydrogens is 577 g/mol. The van der Waals surface area contributed by atoms with Crippen LogP contribution in [0.3, 0.4) is 0 Å². The van der Waals surface area contributed by atoms with Gasteiger partial charge in [0.1, 0.15) is 12.2 Å². The molecule has 40 heavy (non-hydrogen) atoms. The van der Waals surface area contributed by atoms with Crippen LogP contribution >= 0.6 is 34.8 Å². The van der Waals surface area contributed by atoms with Gasteiger partial charge in [0, 0.05) is 21.8 Å². The molecule has 0 unspecified atom stereocenters. The molecule has 0 spiro atoms. The molecule has 0 saturated carbocycles. The van der Waals surface area contributed by atoms with E-state index in [1.807, 2.05) is 13.0 Å². The second-order valence-electron chi connectivity index (χ2n) is 8.81. The molecule has 3 aromatic heterocycles. The summed E-state index contributed by atoms with van der Waals surface area (Å²) in [6.45, 7) is 3.67. The first-order chi connectivity index (χ1) is 19.1. The van der Waals surface area contributed by atoms with Crippen molar-refractivity contribution in [2.45, 2.75) is 20.4 Å². The molecule has 0 atom stereocenters. The summed E-state index contributed by atoms with van der Waals surface area (Å²) in [5, 5.41) is 21.2. The highest BCUT2D eigenvalue weighted by atomic mass is 35.5. The summed E-state index contributed by atoms with van der Waals surface area (Å²) in [5.74, 6) is -0.696. The summed E-state index contributed by atoms with van der Waals surface area (Å²) >= 11 is 18.6. The second kappa shape index (κ2) is 11.0. The number of primary amides is 1. The number of tetrazole rings is 1. The number of pyridine rings is 1. The van der Waals surface area contributed by atoms with Crippen molar-refractivity contribution in [1.82, 2.24) is 35.0 Å². The van der Waals surface area contributed by atoms with Crippen molar-refractivity contribution in [3.63, 3.8) is 0 Å². The van der Waals surface area contributed by atoms with Crippen molar-refractivity contribution in [3.8, 4) is 17.2 Å². The summed E-state index contributed by atoms with van der Waals surface area (Å²) < 4.78 is 1.31. The third kappa shape index (κ3) is 5.53. The van der Waals surface area contributed by atoms with Gasteiger partial charge in [-0.15, -0.1) is 10.2 Å². The molecular formula is C26H20Cl3N9O2. The molecule has 14 heteroatoms. The number of nitrogens with two attached hydrogens (primary N) is 1. The van der Waals surface area contributed by atoms with Gasteiger partial charge in [-0.1, -0.05) is 34.8 Å². The van der Waals surface area contributed by atoms with E-state index < -0.39 is 11.8 Å². The molecule has 5 aromatic rings. The number of amides is 2. The van der Waals surface area contributed by atoms with E-state index in [0.29, 0.717) is 27.1 Å². The van der Waals surface area contributed by atoms with Crippen LogP contribution in [-0.2, 0) is 6.54 Å². The Bertz CT molecular complexity index is 1780. The number of benzene rings is 2. The van der Waals surface area contributed by atoms with E-state index in [4.69, 9.17) is 40.5 Å². The lowest BCUT2D eigenvalue weighted by molar-refractivity contribution is 0.100. The van der Waals surface area contributed by atoms with E-state index in [0.717, 1.165) is 11.1 Å². The molecule has 11 nitrogen and oxygen atoms in total. The molecule has 0 saturated heterocycles. The zero-order valence-corrected chi connectivity index (χ0v) is 23.3. The standard InChI is InChI=1S/C26H20Cl3N9O2/c1-13-8-15(5-6-19(13)28)24-33-36-37(35-24)12-17-11-21(38(34-17)25-20(29)4-3-7-31-25)26(40)32-22-14(2)9-16(27)10-18(22)23(30)39/h3-11H,12H2,1-2H3,(H2,30,39)(H,32,40). The monoisotopic (exact) mass is 595 g/mol. The van der Waals surface area contributed by atoms with E-state index in [9.17, 15) is 9.59 Å². The maximum absolute atomic E-state index is 13.6. The second-order valence-corrected chi connectivity index (χ2v) is 10.1. The molecule has 3 N–H and O–H groups in total. The highest BCUT2D eigenvalue weighted by Crippen LogP contribution is 2.27. The Balaban J connectivity index is 1.50. The third-order valence-electron chi connectivity index (χ3n) is 5.91. The Kier molecular flexibility index (Phi) is 7.53. The minimum absolute atomic E-state index is 0.0669. The average Bonchev–Trinajstić information content (AvgIpc) is 3.55. The SMILES string of the molecule is Cc1cc(-c2nnn(Cc3cc(C(=O)Nc4c(C)cc(Cl)cc4C(N)=O)n(-c4ncccc4Cl)n3)n2)ccc1Cl. The largest absolute Gasteiger partial charge is 0.366 e. The minimum Gasteiger partial charge on any atom is -0.366 e. The first-order valence-electron chi connectivity index (χ1n) is 11.8. The van der Waals surface area contributed by atoms with E-state index in [1.54, 1.807) is 43.3 Å². The van der Waals surface area contributed by atoms with Gasteiger partial charge in [0.2, 0.25) is 5.82 Å². The fourth-order valence-electron chi connectivity index (χ4n) is 4.00. The van der Waals surface area contributed by atoms with Gasteiger partial charge < -0.3 is 11.1 Å². The van der Waals surface area contributed by atoms with Gasteiger partial charge in [-0.3, -0.25) is 9.59 Å². The van der Waals surface area contributed by atoms with E-state index in [-0.39, 0.29) is 34.3 Å². The summed E-state index contributed by atoms with van der Waals surface area (Å²) in [6.07, 6.45) is 1.53. The number of aryl methyl sites for hydroxylation is 2. The van der Waals surface area contributed by atoms with Crippen LogP contribution in [0.2, 0.25) is 15.1 Å². The molecule has 0 fully saturated rings. The Morgan fingerprint density at radius 2 is 1.77 bits per heavy atom. The number of hydrogen-bond donors (Lipinski definition) is 2. The Morgan fingerprint density at radius 3 is 2.50 bits per heavy atom. The summed E-state index contributed by atoms with van der Waals surface area (Å²) in [7, 11) is 0. The van der Waals surface area contributed by atoms with E-state index >= 15 is 0 Å². The quantitative estimate of drug-likeness (QED) is 0.272. The van der Waals surface area contributed by atoms with Gasteiger partial charge in [-0.25, -0.2) is 9.67 Å². The Hall–Kier alpha value is -4.32. The van der Waals surface area contributed by atoms with Gasteiger partial charge in [0.05, 0.1) is 22.0 Å². The van der Waals surface area contributed by atoms with Gasteiger partial charge >= 0.3 is 0 Å². The van der Waals surface area contributed by atoms with Crippen LogP contribution < -0.4 is 11.1 Å². The number of nitrogens with zero attached hydrogens (tertiary/aromatic N) is 7. The first-order valence-corrected chi connectivity index (χ1v) is 12.9. The topological polar surface area (TPSA) is 146 Å². The number of rotatable bonds is 7. The molecule has 0 aliphatic rings. The Labute approximate surface area is 242 Å². The highest BCUT2D eigenvalue weighted by Gasteiger charge is 2.23. The lowest BCUT2D eigenvalue weighted by atomic mass is 10.1. The van der Waals surface area contributed by atoms with Gasteiger partial charge in [-0.2, -0.15) is 9.90 Å². The number of nitrogens with one attached hydrogen (secondary N) is 1. The van der Waals surface area contributed by atoms with Crippen LogP contribution in [0, 0.1) is 13.8 Å². The van der Waals surface area contributed by atoms with Crippen LogP contribution in [0.25, 0.3) is 17.2 Å². The van der Waals surface area contributed by atoms with Crippen molar-refractivity contribution in [2.75, 3.05) is 5.32 Å². The fraction of sp³-hybridized carbons (Fsp3) is 0.115.